The van der Waals surface area contributed by atoms with Gasteiger partial charge in [-0.3, -0.25) is 4.98 Å². The second-order valence-corrected chi connectivity index (χ2v) is 7.29. The van der Waals surface area contributed by atoms with Crippen LogP contribution in [0, 0.1) is 6.07 Å². The van der Waals surface area contributed by atoms with Crippen LogP contribution < -0.4 is 0 Å². The Balaban J connectivity index is 1.70. The lowest BCUT2D eigenvalue weighted by Gasteiger charge is -2.11. The average molecular weight is 341 g/mol. The maximum atomic E-state index is 9.60. The number of hydrogen-bond donors (Lipinski definition) is 1. The SMILES string of the molecule is OCC1(c2cc(-c3csc(-c4cc[c]cc4Cl)c3)ccn2)CC1. The number of benzene rings is 1. The average Bonchev–Trinajstić information content (AvgIpc) is 3.25. The van der Waals surface area contributed by atoms with Gasteiger partial charge in [0.2, 0.25) is 0 Å². The third-order valence-corrected chi connectivity index (χ3v) is 5.75. The van der Waals surface area contributed by atoms with Crippen LogP contribution in [0.25, 0.3) is 21.6 Å². The van der Waals surface area contributed by atoms with Crippen molar-refractivity contribution in [3.8, 4) is 21.6 Å². The van der Waals surface area contributed by atoms with E-state index in [4.69, 9.17) is 11.6 Å². The number of halogens is 1. The number of aliphatic hydroxyl groups is 1. The molecule has 1 N–H and O–H groups in total. The van der Waals surface area contributed by atoms with Gasteiger partial charge in [-0.25, -0.2) is 0 Å². The number of hydrogen-bond acceptors (Lipinski definition) is 3. The summed E-state index contributed by atoms with van der Waals surface area (Å²) in [5, 5.41) is 12.5. The number of thiophene rings is 1. The molecule has 23 heavy (non-hydrogen) atoms. The Bertz CT molecular complexity index is 854. The Hall–Kier alpha value is -1.68. The summed E-state index contributed by atoms with van der Waals surface area (Å²) in [6, 6.07) is 14.9. The van der Waals surface area contributed by atoms with Crippen molar-refractivity contribution in [2.75, 3.05) is 6.61 Å². The van der Waals surface area contributed by atoms with Crippen LogP contribution in [-0.4, -0.2) is 16.7 Å². The number of pyridine rings is 1. The molecule has 4 rings (SSSR count). The van der Waals surface area contributed by atoms with Crippen LogP contribution in [0.1, 0.15) is 18.5 Å². The second-order valence-electron chi connectivity index (χ2n) is 5.97. The molecule has 0 spiro atoms. The molecule has 1 aliphatic carbocycles. The molecule has 1 saturated carbocycles. The fraction of sp³-hybridized carbons (Fsp3) is 0.211. The van der Waals surface area contributed by atoms with Crippen LogP contribution in [0.2, 0.25) is 5.02 Å². The molecule has 0 saturated heterocycles. The molecule has 0 atom stereocenters. The predicted molar refractivity (Wildman–Crippen MR) is 94.8 cm³/mol. The highest BCUT2D eigenvalue weighted by atomic mass is 35.5. The van der Waals surface area contributed by atoms with Crippen molar-refractivity contribution >= 4 is 22.9 Å². The van der Waals surface area contributed by atoms with E-state index in [0.717, 1.165) is 40.1 Å². The molecule has 2 aromatic heterocycles. The minimum absolute atomic E-state index is 0.104. The molecule has 1 aliphatic rings. The maximum Gasteiger partial charge on any atom is 0.0543 e. The van der Waals surface area contributed by atoms with Crippen LogP contribution >= 0.6 is 22.9 Å². The van der Waals surface area contributed by atoms with Gasteiger partial charge in [-0.15, -0.1) is 11.3 Å². The molecule has 2 heterocycles. The fourth-order valence-electron chi connectivity index (χ4n) is 2.79. The van der Waals surface area contributed by atoms with E-state index in [2.05, 4.69) is 28.6 Å². The van der Waals surface area contributed by atoms with Gasteiger partial charge in [0.15, 0.2) is 0 Å². The normalized spacial score (nSPS) is 15.6. The van der Waals surface area contributed by atoms with Gasteiger partial charge in [0.1, 0.15) is 0 Å². The molecule has 0 amide bonds. The lowest BCUT2D eigenvalue weighted by molar-refractivity contribution is 0.252. The van der Waals surface area contributed by atoms with E-state index in [0.29, 0.717) is 5.02 Å². The Morgan fingerprint density at radius 2 is 2.13 bits per heavy atom. The van der Waals surface area contributed by atoms with Crippen molar-refractivity contribution in [3.05, 3.63) is 64.8 Å². The van der Waals surface area contributed by atoms with E-state index < -0.39 is 0 Å². The third kappa shape index (κ3) is 2.69. The highest BCUT2D eigenvalue weighted by Crippen LogP contribution is 2.47. The topological polar surface area (TPSA) is 33.1 Å². The number of nitrogens with zero attached hydrogens (tertiary/aromatic N) is 1. The van der Waals surface area contributed by atoms with Crippen LogP contribution in [-0.2, 0) is 5.41 Å². The Morgan fingerprint density at radius 1 is 1.26 bits per heavy atom. The Morgan fingerprint density at radius 3 is 2.87 bits per heavy atom. The maximum absolute atomic E-state index is 9.60. The quantitative estimate of drug-likeness (QED) is 0.728. The summed E-state index contributed by atoms with van der Waals surface area (Å²) in [4.78, 5) is 5.61. The van der Waals surface area contributed by atoms with Crippen LogP contribution in [0.4, 0.5) is 0 Å². The predicted octanol–water partition coefficient (Wildman–Crippen LogP) is 4.95. The standard InChI is InChI=1S/C19H15ClNOS/c20-16-4-2-1-3-15(16)17-9-14(11-23-17)13-5-8-21-18(10-13)19(12-22)6-7-19/h1,3-5,8-11,22H,6-7,12H2. The van der Waals surface area contributed by atoms with Crippen molar-refractivity contribution < 1.29 is 5.11 Å². The smallest absolute Gasteiger partial charge is 0.0543 e. The second kappa shape index (κ2) is 5.75. The van der Waals surface area contributed by atoms with E-state index in [-0.39, 0.29) is 12.0 Å². The first-order valence-corrected chi connectivity index (χ1v) is 8.80. The van der Waals surface area contributed by atoms with E-state index in [9.17, 15) is 5.11 Å². The van der Waals surface area contributed by atoms with Gasteiger partial charge in [0.05, 0.1) is 6.61 Å². The van der Waals surface area contributed by atoms with Crippen molar-refractivity contribution in [1.82, 2.24) is 4.98 Å². The molecule has 4 heteroatoms. The first kappa shape index (κ1) is 14.9. The summed E-state index contributed by atoms with van der Waals surface area (Å²) in [5.41, 5.74) is 4.22. The van der Waals surface area contributed by atoms with E-state index in [1.165, 1.54) is 0 Å². The van der Waals surface area contributed by atoms with Crippen molar-refractivity contribution in [3.63, 3.8) is 0 Å². The molecule has 2 nitrogen and oxygen atoms in total. The summed E-state index contributed by atoms with van der Waals surface area (Å²) >= 11 is 7.94. The summed E-state index contributed by atoms with van der Waals surface area (Å²) in [6.45, 7) is 0.175. The molecular weight excluding hydrogens is 326 g/mol. The molecule has 0 aliphatic heterocycles. The van der Waals surface area contributed by atoms with Gasteiger partial charge >= 0.3 is 0 Å². The molecule has 1 radical (unpaired) electrons. The van der Waals surface area contributed by atoms with Crippen LogP contribution in [0.15, 0.2) is 48.0 Å². The molecule has 1 fully saturated rings. The first-order chi connectivity index (χ1) is 11.2. The van der Waals surface area contributed by atoms with Gasteiger partial charge in [0.25, 0.3) is 0 Å². The summed E-state index contributed by atoms with van der Waals surface area (Å²) in [7, 11) is 0. The van der Waals surface area contributed by atoms with E-state index in [1.807, 2.05) is 24.4 Å². The van der Waals surface area contributed by atoms with Crippen molar-refractivity contribution in [2.24, 2.45) is 0 Å². The summed E-state index contributed by atoms with van der Waals surface area (Å²) in [6.07, 6.45) is 3.87. The highest BCUT2D eigenvalue weighted by Gasteiger charge is 2.45. The molecule has 1 aromatic carbocycles. The fourth-order valence-corrected chi connectivity index (χ4v) is 4.03. The zero-order valence-electron chi connectivity index (χ0n) is 12.4. The zero-order chi connectivity index (χ0) is 15.9. The first-order valence-electron chi connectivity index (χ1n) is 7.54. The number of rotatable bonds is 4. The summed E-state index contributed by atoms with van der Waals surface area (Å²) < 4.78 is 0. The van der Waals surface area contributed by atoms with Crippen molar-refractivity contribution in [2.45, 2.75) is 18.3 Å². The van der Waals surface area contributed by atoms with E-state index >= 15 is 0 Å². The van der Waals surface area contributed by atoms with E-state index in [1.54, 1.807) is 17.4 Å². The van der Waals surface area contributed by atoms with Crippen LogP contribution in [0.3, 0.4) is 0 Å². The molecule has 115 valence electrons. The third-order valence-electron chi connectivity index (χ3n) is 4.47. The number of aliphatic hydroxyl groups excluding tert-OH is 1. The van der Waals surface area contributed by atoms with Crippen molar-refractivity contribution in [1.29, 1.82) is 0 Å². The van der Waals surface area contributed by atoms with Gasteiger partial charge in [0, 0.05) is 32.8 Å². The number of aromatic nitrogens is 1. The molecular formula is C19H15ClNOS. The minimum Gasteiger partial charge on any atom is -0.395 e. The van der Waals surface area contributed by atoms with Crippen LogP contribution in [0.5, 0.6) is 0 Å². The molecule has 0 unspecified atom stereocenters. The van der Waals surface area contributed by atoms with Gasteiger partial charge in [-0.2, -0.15) is 0 Å². The Kier molecular flexibility index (Phi) is 3.72. The summed E-state index contributed by atoms with van der Waals surface area (Å²) in [5.74, 6) is 0. The minimum atomic E-state index is -0.104. The Labute approximate surface area is 144 Å². The lowest BCUT2D eigenvalue weighted by atomic mass is 9.99. The largest absolute Gasteiger partial charge is 0.395 e. The highest BCUT2D eigenvalue weighted by molar-refractivity contribution is 7.14. The zero-order valence-corrected chi connectivity index (χ0v) is 14.0. The molecule has 3 aromatic rings. The lowest BCUT2D eigenvalue weighted by Crippen LogP contribution is -2.13. The molecule has 0 bridgehead atoms. The van der Waals surface area contributed by atoms with Gasteiger partial charge < -0.3 is 5.11 Å². The van der Waals surface area contributed by atoms with Gasteiger partial charge in [-0.05, 0) is 59.7 Å². The van der Waals surface area contributed by atoms with Gasteiger partial charge in [-0.1, -0.05) is 23.7 Å². The monoisotopic (exact) mass is 340 g/mol.